The van der Waals surface area contributed by atoms with E-state index in [4.69, 9.17) is 23.2 Å². The molecule has 1 atom stereocenters. The molecule has 0 radical (unpaired) electrons. The average molecular weight is 397 g/mol. The van der Waals surface area contributed by atoms with Gasteiger partial charge in [0.15, 0.2) is 0 Å². The molecule has 0 aliphatic carbocycles. The topological polar surface area (TPSA) is 49.4 Å². The van der Waals surface area contributed by atoms with Gasteiger partial charge in [0.2, 0.25) is 5.91 Å². The molecule has 25 heavy (non-hydrogen) atoms. The summed E-state index contributed by atoms with van der Waals surface area (Å²) in [6, 6.07) is 8.89. The van der Waals surface area contributed by atoms with E-state index in [0.717, 1.165) is 18.4 Å². The van der Waals surface area contributed by atoms with E-state index in [2.05, 4.69) is 5.32 Å². The zero-order valence-electron chi connectivity index (χ0n) is 13.5. The van der Waals surface area contributed by atoms with Crippen LogP contribution in [0.25, 0.3) is 0 Å². The molecule has 1 fully saturated rings. The minimum absolute atomic E-state index is 0.00763. The Balaban J connectivity index is 1.57. The molecule has 4 nitrogen and oxygen atoms in total. The van der Waals surface area contributed by atoms with Gasteiger partial charge >= 0.3 is 0 Å². The Morgan fingerprint density at radius 3 is 2.84 bits per heavy atom. The predicted octanol–water partition coefficient (Wildman–Crippen LogP) is 4.22. The molecule has 2 aromatic rings. The number of carbonyl (C=O) groups is 2. The Hall–Kier alpha value is -1.56. The van der Waals surface area contributed by atoms with E-state index in [1.54, 1.807) is 23.1 Å². The largest absolute Gasteiger partial charge is 0.352 e. The van der Waals surface area contributed by atoms with Crippen LogP contribution in [0.2, 0.25) is 10.0 Å². The summed E-state index contributed by atoms with van der Waals surface area (Å²) in [5.41, 5.74) is 0.821. The van der Waals surface area contributed by atoms with Gasteiger partial charge in [-0.2, -0.15) is 0 Å². The van der Waals surface area contributed by atoms with Crippen LogP contribution in [0, 0.1) is 5.92 Å². The maximum absolute atomic E-state index is 12.5. The number of likely N-dealkylation sites (tertiary alicyclic amines) is 1. The highest BCUT2D eigenvalue weighted by atomic mass is 35.5. The zero-order valence-corrected chi connectivity index (χ0v) is 15.8. The monoisotopic (exact) mass is 396 g/mol. The van der Waals surface area contributed by atoms with Gasteiger partial charge in [-0.15, -0.1) is 11.3 Å². The number of nitrogens with zero attached hydrogens (tertiary/aromatic N) is 1. The lowest BCUT2D eigenvalue weighted by molar-refractivity contribution is -0.126. The standard InChI is InChI=1S/C18H18Cl2N2O2S/c19-14-6-5-12(15(20)9-14)10-21-17(23)13-3-1-7-22(11-13)18(24)16-4-2-8-25-16/h2,4-6,8-9,13H,1,3,7,10-11H2,(H,21,23)/t13-/m0/s1. The lowest BCUT2D eigenvalue weighted by Crippen LogP contribution is -2.45. The normalized spacial score (nSPS) is 17.4. The van der Waals surface area contributed by atoms with Gasteiger partial charge in [-0.1, -0.05) is 35.3 Å². The minimum Gasteiger partial charge on any atom is -0.352 e. The van der Waals surface area contributed by atoms with Gasteiger partial charge in [-0.05, 0) is 42.0 Å². The highest BCUT2D eigenvalue weighted by Gasteiger charge is 2.29. The molecule has 0 bridgehead atoms. The lowest BCUT2D eigenvalue weighted by atomic mass is 9.97. The van der Waals surface area contributed by atoms with Crippen LogP contribution < -0.4 is 5.32 Å². The van der Waals surface area contributed by atoms with Crippen molar-refractivity contribution >= 4 is 46.4 Å². The van der Waals surface area contributed by atoms with Crippen molar-refractivity contribution in [3.63, 3.8) is 0 Å². The number of thiophene rings is 1. The Labute approximate surface area is 160 Å². The van der Waals surface area contributed by atoms with Gasteiger partial charge < -0.3 is 10.2 Å². The first-order chi connectivity index (χ1) is 12.0. The Morgan fingerprint density at radius 2 is 2.12 bits per heavy atom. The number of piperidine rings is 1. The number of amides is 2. The first-order valence-corrected chi connectivity index (χ1v) is 9.72. The molecule has 7 heteroatoms. The number of hydrogen-bond acceptors (Lipinski definition) is 3. The van der Waals surface area contributed by atoms with Crippen LogP contribution in [0.5, 0.6) is 0 Å². The number of hydrogen-bond donors (Lipinski definition) is 1. The van der Waals surface area contributed by atoms with Crippen LogP contribution in [0.1, 0.15) is 28.1 Å². The number of rotatable bonds is 4. The van der Waals surface area contributed by atoms with Gasteiger partial charge in [-0.3, -0.25) is 9.59 Å². The van der Waals surface area contributed by atoms with E-state index >= 15 is 0 Å². The number of carbonyl (C=O) groups excluding carboxylic acids is 2. The third-order valence-electron chi connectivity index (χ3n) is 4.28. The number of benzene rings is 1. The third-order valence-corrected chi connectivity index (χ3v) is 5.72. The van der Waals surface area contributed by atoms with Crippen molar-refractivity contribution in [1.82, 2.24) is 10.2 Å². The first-order valence-electron chi connectivity index (χ1n) is 8.09. The summed E-state index contributed by atoms with van der Waals surface area (Å²) in [6.45, 7) is 1.50. The molecule has 1 N–H and O–H groups in total. The molecule has 1 saturated heterocycles. The fourth-order valence-corrected chi connectivity index (χ4v) is 4.09. The average Bonchev–Trinajstić information content (AvgIpc) is 3.15. The maximum atomic E-state index is 12.5. The van der Waals surface area contributed by atoms with Crippen molar-refractivity contribution in [3.8, 4) is 0 Å². The summed E-state index contributed by atoms with van der Waals surface area (Å²) in [6.07, 6.45) is 1.62. The quantitative estimate of drug-likeness (QED) is 0.840. The maximum Gasteiger partial charge on any atom is 0.263 e. The van der Waals surface area contributed by atoms with Gasteiger partial charge in [-0.25, -0.2) is 0 Å². The first kappa shape index (κ1) is 18.2. The van der Waals surface area contributed by atoms with Crippen molar-refractivity contribution in [3.05, 3.63) is 56.2 Å². The summed E-state index contributed by atoms with van der Waals surface area (Å²) in [5.74, 6) is -0.230. The van der Waals surface area contributed by atoms with Crippen molar-refractivity contribution in [2.45, 2.75) is 19.4 Å². The molecule has 0 spiro atoms. The van der Waals surface area contributed by atoms with Crippen molar-refractivity contribution in [2.75, 3.05) is 13.1 Å². The SMILES string of the molecule is O=C(NCc1ccc(Cl)cc1Cl)[C@H]1CCCN(C(=O)c2cccs2)C1. The second kappa shape index (κ2) is 8.21. The molecule has 1 aliphatic rings. The van der Waals surface area contributed by atoms with E-state index in [0.29, 0.717) is 34.6 Å². The molecule has 2 heterocycles. The predicted molar refractivity (Wildman–Crippen MR) is 101 cm³/mol. The van der Waals surface area contributed by atoms with Gasteiger partial charge in [0.25, 0.3) is 5.91 Å². The molecule has 132 valence electrons. The molecule has 1 aromatic carbocycles. The van der Waals surface area contributed by atoms with Crippen LogP contribution in [-0.2, 0) is 11.3 Å². The van der Waals surface area contributed by atoms with Crippen molar-refractivity contribution in [1.29, 1.82) is 0 Å². The smallest absolute Gasteiger partial charge is 0.263 e. The van der Waals surface area contributed by atoms with E-state index < -0.39 is 0 Å². The van der Waals surface area contributed by atoms with Gasteiger partial charge in [0.05, 0.1) is 10.8 Å². The summed E-state index contributed by atoms with van der Waals surface area (Å²) in [4.78, 5) is 27.4. The molecule has 0 saturated carbocycles. The van der Waals surface area contributed by atoms with E-state index in [-0.39, 0.29) is 17.7 Å². The summed E-state index contributed by atoms with van der Waals surface area (Å²) in [5, 5.41) is 5.91. The van der Waals surface area contributed by atoms with Crippen molar-refractivity contribution < 1.29 is 9.59 Å². The second-order valence-corrected chi connectivity index (χ2v) is 7.81. The van der Waals surface area contributed by atoms with E-state index in [9.17, 15) is 9.59 Å². The molecule has 2 amide bonds. The summed E-state index contributed by atoms with van der Waals surface area (Å²) < 4.78 is 0. The fourth-order valence-electron chi connectivity index (χ4n) is 2.92. The highest BCUT2D eigenvalue weighted by molar-refractivity contribution is 7.12. The lowest BCUT2D eigenvalue weighted by Gasteiger charge is -2.31. The van der Waals surface area contributed by atoms with Gasteiger partial charge in [0.1, 0.15) is 0 Å². The number of nitrogens with one attached hydrogen (secondary N) is 1. The van der Waals surface area contributed by atoms with Crippen LogP contribution in [0.4, 0.5) is 0 Å². The summed E-state index contributed by atoms with van der Waals surface area (Å²) >= 11 is 13.4. The fraction of sp³-hybridized carbons (Fsp3) is 0.333. The summed E-state index contributed by atoms with van der Waals surface area (Å²) in [7, 11) is 0. The molecule has 1 aliphatic heterocycles. The van der Waals surface area contributed by atoms with Crippen LogP contribution in [0.15, 0.2) is 35.7 Å². The molecule has 1 aromatic heterocycles. The van der Waals surface area contributed by atoms with Crippen LogP contribution in [-0.4, -0.2) is 29.8 Å². The van der Waals surface area contributed by atoms with Crippen LogP contribution >= 0.6 is 34.5 Å². The highest BCUT2D eigenvalue weighted by Crippen LogP contribution is 2.23. The molecular weight excluding hydrogens is 379 g/mol. The zero-order chi connectivity index (χ0) is 17.8. The van der Waals surface area contributed by atoms with E-state index in [1.165, 1.54) is 11.3 Å². The molecular formula is C18H18Cl2N2O2S. The van der Waals surface area contributed by atoms with Gasteiger partial charge in [0, 0.05) is 29.7 Å². The molecule has 3 rings (SSSR count). The Bertz CT molecular complexity index is 764. The minimum atomic E-state index is -0.191. The Morgan fingerprint density at radius 1 is 1.28 bits per heavy atom. The Kier molecular flexibility index (Phi) is 5.99. The number of halogens is 2. The van der Waals surface area contributed by atoms with Crippen LogP contribution in [0.3, 0.4) is 0 Å². The van der Waals surface area contributed by atoms with Crippen molar-refractivity contribution in [2.24, 2.45) is 5.92 Å². The van der Waals surface area contributed by atoms with E-state index in [1.807, 2.05) is 17.5 Å². The molecule has 0 unspecified atom stereocenters. The third kappa shape index (κ3) is 4.54. The second-order valence-electron chi connectivity index (χ2n) is 6.02.